The Morgan fingerprint density at radius 1 is 0.571 bits per heavy atom. The topological polar surface area (TPSA) is 244 Å². The lowest BCUT2D eigenvalue weighted by molar-refractivity contribution is -0.105. The highest BCUT2D eigenvalue weighted by molar-refractivity contribution is 7.91. The van der Waals surface area contributed by atoms with Crippen LogP contribution in [-0.4, -0.2) is 139 Å². The largest absolute Gasteiger partial charge is 0.376 e. The van der Waals surface area contributed by atoms with Crippen molar-refractivity contribution >= 4 is 42.9 Å². The van der Waals surface area contributed by atoms with Crippen LogP contribution in [0.3, 0.4) is 0 Å². The predicted octanol–water partition coefficient (Wildman–Crippen LogP) is 6.35. The molecule has 2 fully saturated rings. The van der Waals surface area contributed by atoms with E-state index in [1.165, 1.54) is 24.8 Å². The van der Waals surface area contributed by atoms with Gasteiger partial charge in [-0.15, -0.1) is 20.4 Å². The van der Waals surface area contributed by atoms with E-state index in [4.69, 9.17) is 42.1 Å². The molecule has 0 unspecified atom stereocenters. The van der Waals surface area contributed by atoms with Crippen molar-refractivity contribution < 1.29 is 35.8 Å². The van der Waals surface area contributed by atoms with E-state index in [0.29, 0.717) is 96.0 Å². The molecule has 8 rings (SSSR count). The highest BCUT2D eigenvalue weighted by Gasteiger charge is 2.36. The summed E-state index contributed by atoms with van der Waals surface area (Å²) >= 11 is 11.8. The van der Waals surface area contributed by atoms with Crippen LogP contribution in [0.4, 0.5) is 0 Å². The molecule has 70 heavy (non-hydrogen) atoms. The molecule has 20 nitrogen and oxygen atoms in total. The molecule has 0 aromatic carbocycles. The first-order valence-corrected chi connectivity index (χ1v) is 27.1. The summed E-state index contributed by atoms with van der Waals surface area (Å²) in [5, 5.41) is 16.6. The number of hydrogen-bond donors (Lipinski definition) is 0. The summed E-state index contributed by atoms with van der Waals surface area (Å²) < 4.78 is 80.7. The van der Waals surface area contributed by atoms with Crippen molar-refractivity contribution in [2.45, 2.75) is 114 Å². The quantitative estimate of drug-likeness (QED) is 0.102. The van der Waals surface area contributed by atoms with Crippen LogP contribution < -0.4 is 0 Å². The lowest BCUT2D eigenvalue weighted by Gasteiger charge is -2.30. The number of hydrogen-bond acceptors (Lipinski definition) is 18. The molecule has 0 radical (unpaired) electrons. The minimum Gasteiger partial charge on any atom is -0.376 e. The van der Waals surface area contributed by atoms with Gasteiger partial charge in [-0.2, -0.15) is 0 Å². The van der Waals surface area contributed by atoms with Gasteiger partial charge in [0.1, 0.15) is 58.4 Å². The van der Waals surface area contributed by atoms with E-state index in [1.54, 1.807) is 27.7 Å². The Morgan fingerprint density at radius 2 is 0.943 bits per heavy atom. The number of pyridine rings is 2. The van der Waals surface area contributed by atoms with E-state index in [0.717, 1.165) is 11.4 Å². The van der Waals surface area contributed by atoms with E-state index < -0.39 is 42.0 Å². The SMILES string of the molecule is Cc1cccc(-c2nnc(CS(=O)(=O)[C@@H](C)[C@H](C)c3ncc(Cl)cn3)n2[C@@H](C)[C@@H]2COCCO2)n1.Cc1cccc(-c2nnc(CS(=O)(=O)[C@@H](C)[C@H](C)c3ncc(Cl)cn3)n2[C@@H](C)[C@H]2COCCO2)n1. The van der Waals surface area contributed by atoms with Gasteiger partial charge in [-0.1, -0.05) is 49.2 Å². The Morgan fingerprint density at radius 3 is 1.27 bits per heavy atom. The highest BCUT2D eigenvalue weighted by atomic mass is 35.5. The second-order valence-corrected chi connectivity index (χ2v) is 23.1. The first-order valence-electron chi connectivity index (χ1n) is 22.9. The molecule has 2 aliphatic rings. The smallest absolute Gasteiger partial charge is 0.182 e. The average Bonchev–Trinajstić information content (AvgIpc) is 3.97. The summed E-state index contributed by atoms with van der Waals surface area (Å²) in [6, 6.07) is 10.7. The molecule has 0 saturated carbocycles. The van der Waals surface area contributed by atoms with Crippen molar-refractivity contribution in [2.75, 3.05) is 39.6 Å². The summed E-state index contributed by atoms with van der Waals surface area (Å²) in [6.45, 7) is 17.4. The Kier molecular flexibility index (Phi) is 17.4. The average molecular weight is 1040 g/mol. The zero-order chi connectivity index (χ0) is 50.3. The lowest BCUT2D eigenvalue weighted by atomic mass is 10.1. The normalized spacial score (nSPS) is 19.3. The van der Waals surface area contributed by atoms with Crippen molar-refractivity contribution in [3.05, 3.63) is 106 Å². The fourth-order valence-corrected chi connectivity index (χ4v) is 11.4. The second-order valence-electron chi connectivity index (χ2n) is 17.5. The Balaban J connectivity index is 0.000000206. The van der Waals surface area contributed by atoms with E-state index in [9.17, 15) is 16.8 Å². The molecule has 0 aliphatic carbocycles. The standard InChI is InChI=1S/2C23H29ClN6O4S/c2*1-14-6-5-7-19(27-14)23-29-28-21(30(23)16(3)20-12-33-8-9-34-20)13-35(31,32)17(4)15(2)22-25-10-18(24)11-26-22/h2*5-7,10-11,15-17,20H,8-9,12-13H2,1-4H3/t15-,16-,17-,20+;15-,16-,17-,20-/m00/s1. The van der Waals surface area contributed by atoms with Gasteiger partial charge in [0, 0.05) is 48.0 Å². The number of aromatic nitrogens is 12. The van der Waals surface area contributed by atoms with Gasteiger partial charge in [-0.05, 0) is 65.8 Å². The van der Waals surface area contributed by atoms with Gasteiger partial charge in [-0.3, -0.25) is 0 Å². The van der Waals surface area contributed by atoms with Crippen molar-refractivity contribution in [2.24, 2.45) is 0 Å². The fourth-order valence-electron chi connectivity index (χ4n) is 8.07. The zero-order valence-electron chi connectivity index (χ0n) is 40.3. The molecule has 0 bridgehead atoms. The molecular weight excluding hydrogens is 984 g/mol. The molecule has 8 atom stereocenters. The van der Waals surface area contributed by atoms with Gasteiger partial charge >= 0.3 is 0 Å². The van der Waals surface area contributed by atoms with Crippen molar-refractivity contribution in [3.8, 4) is 23.0 Å². The van der Waals surface area contributed by atoms with Crippen molar-refractivity contribution in [3.63, 3.8) is 0 Å². The third-order valence-corrected chi connectivity index (χ3v) is 17.4. The van der Waals surface area contributed by atoms with Crippen LogP contribution in [0.1, 0.15) is 100 Å². The van der Waals surface area contributed by atoms with Gasteiger partial charge in [0.05, 0.1) is 72.3 Å². The van der Waals surface area contributed by atoms with E-state index >= 15 is 0 Å². The van der Waals surface area contributed by atoms with Crippen LogP contribution in [0.2, 0.25) is 10.0 Å². The molecule has 6 aromatic heterocycles. The number of rotatable bonds is 16. The van der Waals surface area contributed by atoms with E-state index in [2.05, 4.69) is 50.3 Å². The van der Waals surface area contributed by atoms with E-state index in [1.807, 2.05) is 73.2 Å². The van der Waals surface area contributed by atoms with Crippen LogP contribution in [0.5, 0.6) is 0 Å². The maximum absolute atomic E-state index is 13.5. The third-order valence-electron chi connectivity index (χ3n) is 12.6. The number of sulfone groups is 2. The molecular formula is C46H58Cl2N12O8S2. The lowest BCUT2D eigenvalue weighted by Crippen LogP contribution is -2.36. The highest BCUT2D eigenvalue weighted by Crippen LogP contribution is 2.32. The zero-order valence-corrected chi connectivity index (χ0v) is 43.4. The van der Waals surface area contributed by atoms with Crippen molar-refractivity contribution in [1.29, 1.82) is 0 Å². The number of halogens is 2. The Labute approximate surface area is 418 Å². The third kappa shape index (κ3) is 12.6. The minimum atomic E-state index is -3.66. The molecule has 0 spiro atoms. The maximum atomic E-state index is 13.5. The van der Waals surface area contributed by atoms with Crippen LogP contribution in [0.15, 0.2) is 61.2 Å². The van der Waals surface area contributed by atoms with Gasteiger partial charge in [0.15, 0.2) is 31.3 Å². The van der Waals surface area contributed by atoms with Crippen LogP contribution in [0.25, 0.3) is 23.0 Å². The molecule has 2 saturated heterocycles. The van der Waals surface area contributed by atoms with Gasteiger partial charge in [0.25, 0.3) is 0 Å². The monoisotopic (exact) mass is 1040 g/mol. The van der Waals surface area contributed by atoms with Gasteiger partial charge < -0.3 is 28.1 Å². The van der Waals surface area contributed by atoms with Gasteiger partial charge in [0.2, 0.25) is 0 Å². The summed E-state index contributed by atoms with van der Waals surface area (Å²) in [7, 11) is -7.33. The van der Waals surface area contributed by atoms with Crippen LogP contribution in [-0.2, 0) is 50.1 Å². The predicted molar refractivity (Wildman–Crippen MR) is 262 cm³/mol. The summed E-state index contributed by atoms with van der Waals surface area (Å²) in [5.74, 6) is 0.950. The molecule has 2 aliphatic heterocycles. The molecule has 6 aromatic rings. The Bertz CT molecular complexity index is 2720. The molecule has 0 N–H and O–H groups in total. The summed E-state index contributed by atoms with van der Waals surface area (Å²) in [5.41, 5.74) is 2.87. The number of ether oxygens (including phenoxy) is 4. The second kappa shape index (κ2) is 23.1. The first-order chi connectivity index (χ1) is 33.3. The Hall–Kier alpha value is -4.94. The minimum absolute atomic E-state index is 0.274. The maximum Gasteiger partial charge on any atom is 0.182 e. The first kappa shape index (κ1) is 52.9. The molecule has 8 heterocycles. The molecule has 24 heteroatoms. The fraction of sp³-hybridized carbons (Fsp3) is 0.522. The van der Waals surface area contributed by atoms with Crippen LogP contribution >= 0.6 is 23.2 Å². The summed E-state index contributed by atoms with van der Waals surface area (Å²) in [6.07, 6.45) is 5.31. The summed E-state index contributed by atoms with van der Waals surface area (Å²) in [4.78, 5) is 26.0. The molecule has 376 valence electrons. The van der Waals surface area contributed by atoms with Crippen LogP contribution in [0, 0.1) is 13.8 Å². The number of nitrogens with zero attached hydrogens (tertiary/aromatic N) is 12. The molecule has 0 amide bonds. The van der Waals surface area contributed by atoms with Gasteiger partial charge in [-0.25, -0.2) is 46.7 Å². The van der Waals surface area contributed by atoms with E-state index in [-0.39, 0.29) is 35.8 Å². The number of aryl methyl sites for hydroxylation is 2. The van der Waals surface area contributed by atoms with Crippen molar-refractivity contribution in [1.82, 2.24) is 59.4 Å².